The van der Waals surface area contributed by atoms with E-state index in [1.54, 1.807) is 27.5 Å². The van der Waals surface area contributed by atoms with Crippen LogP contribution in [0.4, 0.5) is 0 Å². The number of rotatable bonds is 3. The molecule has 3 heterocycles. The van der Waals surface area contributed by atoms with Crippen molar-refractivity contribution in [2.24, 2.45) is 5.92 Å². The van der Waals surface area contributed by atoms with Gasteiger partial charge in [0.15, 0.2) is 11.2 Å². The molecule has 0 unspecified atom stereocenters. The van der Waals surface area contributed by atoms with E-state index in [1.165, 1.54) is 0 Å². The van der Waals surface area contributed by atoms with Crippen molar-refractivity contribution in [2.75, 3.05) is 0 Å². The van der Waals surface area contributed by atoms with Gasteiger partial charge >= 0.3 is 0 Å². The lowest BCUT2D eigenvalue weighted by Gasteiger charge is -2.08. The molecule has 0 saturated carbocycles. The summed E-state index contributed by atoms with van der Waals surface area (Å²) in [5.41, 5.74) is 1.60. The van der Waals surface area contributed by atoms with E-state index >= 15 is 0 Å². The van der Waals surface area contributed by atoms with Gasteiger partial charge in [0.2, 0.25) is 0 Å². The fourth-order valence-corrected chi connectivity index (χ4v) is 2.05. The molecule has 3 aromatic rings. The first-order chi connectivity index (χ1) is 9.16. The molecule has 0 atom stereocenters. The van der Waals surface area contributed by atoms with Crippen molar-refractivity contribution in [3.63, 3.8) is 0 Å². The highest BCUT2D eigenvalue weighted by Gasteiger charge is 2.09. The molecule has 0 N–H and O–H groups in total. The summed E-state index contributed by atoms with van der Waals surface area (Å²) in [4.78, 5) is 12.3. The largest absolute Gasteiger partial charge is 0.313 e. The zero-order valence-corrected chi connectivity index (χ0v) is 10.9. The molecule has 6 nitrogen and oxygen atoms in total. The summed E-state index contributed by atoms with van der Waals surface area (Å²) >= 11 is 0. The van der Waals surface area contributed by atoms with Gasteiger partial charge in [0.05, 0.1) is 6.20 Å². The van der Waals surface area contributed by atoms with Crippen molar-refractivity contribution in [1.82, 2.24) is 24.4 Å². The van der Waals surface area contributed by atoms with Crippen LogP contribution in [-0.4, -0.2) is 24.4 Å². The Balaban J connectivity index is 2.16. The molecular weight excluding hydrogens is 242 g/mol. The predicted octanol–water partition coefficient (Wildman–Crippen LogP) is 1.49. The molecule has 19 heavy (non-hydrogen) atoms. The molecular formula is C13H15N5O. The van der Waals surface area contributed by atoms with Gasteiger partial charge in [0, 0.05) is 18.8 Å². The second-order valence-electron chi connectivity index (χ2n) is 5.03. The molecule has 3 rings (SSSR count). The van der Waals surface area contributed by atoms with Gasteiger partial charge in [-0.15, -0.1) is 10.2 Å². The molecule has 0 aliphatic rings. The second kappa shape index (κ2) is 4.46. The Morgan fingerprint density at radius 2 is 2.11 bits per heavy atom. The molecule has 0 aliphatic heterocycles. The lowest BCUT2D eigenvalue weighted by molar-refractivity contribution is 0.509. The van der Waals surface area contributed by atoms with Gasteiger partial charge in [-0.1, -0.05) is 13.8 Å². The maximum atomic E-state index is 12.3. The second-order valence-corrected chi connectivity index (χ2v) is 5.03. The van der Waals surface area contributed by atoms with E-state index in [-0.39, 0.29) is 5.56 Å². The summed E-state index contributed by atoms with van der Waals surface area (Å²) in [6.07, 6.45) is 4.41. The van der Waals surface area contributed by atoms with Gasteiger partial charge in [-0.25, -0.2) is 4.52 Å². The van der Waals surface area contributed by atoms with Crippen LogP contribution in [0.1, 0.15) is 20.3 Å². The smallest absolute Gasteiger partial charge is 0.280 e. The number of fused-ring (bicyclic) bond motifs is 3. The number of aromatic nitrogens is 5. The fourth-order valence-electron chi connectivity index (χ4n) is 2.05. The summed E-state index contributed by atoms with van der Waals surface area (Å²) in [6.45, 7) is 4.98. The lowest BCUT2D eigenvalue weighted by atomic mass is 10.1. The average Bonchev–Trinajstić information content (AvgIpc) is 2.86. The molecule has 0 amide bonds. The maximum absolute atomic E-state index is 12.3. The molecule has 98 valence electrons. The molecule has 0 aliphatic carbocycles. The number of pyridine rings is 1. The van der Waals surface area contributed by atoms with Crippen molar-refractivity contribution >= 4 is 16.7 Å². The molecule has 6 heteroatoms. The third kappa shape index (κ3) is 1.99. The van der Waals surface area contributed by atoms with Crippen LogP contribution in [0.5, 0.6) is 0 Å². The summed E-state index contributed by atoms with van der Waals surface area (Å²) in [7, 11) is 0. The van der Waals surface area contributed by atoms with Gasteiger partial charge in [-0.05, 0) is 18.4 Å². The summed E-state index contributed by atoms with van der Waals surface area (Å²) in [5, 5.41) is 12.2. The molecule has 0 radical (unpaired) electrons. The molecule has 0 spiro atoms. The number of hydrogen-bond acceptors (Lipinski definition) is 4. The van der Waals surface area contributed by atoms with Gasteiger partial charge < -0.3 is 4.57 Å². The number of nitrogens with zero attached hydrogens (tertiary/aromatic N) is 5. The molecule has 0 aromatic carbocycles. The Morgan fingerprint density at radius 3 is 2.89 bits per heavy atom. The minimum absolute atomic E-state index is 0.108. The van der Waals surface area contributed by atoms with Gasteiger partial charge in [0.1, 0.15) is 5.52 Å². The van der Waals surface area contributed by atoms with Crippen LogP contribution < -0.4 is 5.56 Å². The lowest BCUT2D eigenvalue weighted by Crippen LogP contribution is -2.22. The normalized spacial score (nSPS) is 11.7. The van der Waals surface area contributed by atoms with Gasteiger partial charge in [-0.2, -0.15) is 5.10 Å². The predicted molar refractivity (Wildman–Crippen MR) is 72.0 cm³/mol. The van der Waals surface area contributed by atoms with Crippen LogP contribution >= 0.6 is 0 Å². The first kappa shape index (κ1) is 11.8. The average molecular weight is 257 g/mol. The Kier molecular flexibility index (Phi) is 2.77. The monoisotopic (exact) mass is 257 g/mol. The molecule has 0 bridgehead atoms. The summed E-state index contributed by atoms with van der Waals surface area (Å²) in [6, 6.07) is 3.63. The van der Waals surface area contributed by atoms with Gasteiger partial charge in [0.25, 0.3) is 5.56 Å². The van der Waals surface area contributed by atoms with E-state index in [0.717, 1.165) is 6.42 Å². The van der Waals surface area contributed by atoms with Gasteiger partial charge in [-0.3, -0.25) is 4.79 Å². The van der Waals surface area contributed by atoms with E-state index in [1.807, 2.05) is 6.07 Å². The van der Waals surface area contributed by atoms with Crippen LogP contribution in [0.15, 0.2) is 29.3 Å². The van der Waals surface area contributed by atoms with Crippen molar-refractivity contribution in [3.8, 4) is 0 Å². The fraction of sp³-hybridized carbons (Fsp3) is 0.385. The Hall–Kier alpha value is -2.24. The minimum atomic E-state index is -0.108. The molecule has 3 aromatic heterocycles. The number of aryl methyl sites for hydroxylation is 1. The molecule has 0 saturated heterocycles. The summed E-state index contributed by atoms with van der Waals surface area (Å²) in [5.74, 6) is 0.558. The van der Waals surface area contributed by atoms with Crippen molar-refractivity contribution in [1.29, 1.82) is 0 Å². The van der Waals surface area contributed by atoms with Crippen LogP contribution in [0.3, 0.4) is 0 Å². The quantitative estimate of drug-likeness (QED) is 0.713. The Morgan fingerprint density at radius 1 is 1.26 bits per heavy atom. The highest BCUT2D eigenvalue weighted by molar-refractivity contribution is 5.74. The highest BCUT2D eigenvalue weighted by atomic mass is 16.1. The third-order valence-electron chi connectivity index (χ3n) is 3.17. The van der Waals surface area contributed by atoms with Crippen molar-refractivity contribution in [3.05, 3.63) is 34.9 Å². The zero-order chi connectivity index (χ0) is 13.4. The minimum Gasteiger partial charge on any atom is -0.313 e. The highest BCUT2D eigenvalue weighted by Crippen LogP contribution is 2.09. The van der Waals surface area contributed by atoms with Crippen LogP contribution in [0.25, 0.3) is 16.7 Å². The third-order valence-corrected chi connectivity index (χ3v) is 3.17. The molecule has 0 fully saturated rings. The first-order valence-electron chi connectivity index (χ1n) is 6.36. The van der Waals surface area contributed by atoms with Crippen molar-refractivity contribution in [2.45, 2.75) is 26.8 Å². The van der Waals surface area contributed by atoms with E-state index in [9.17, 15) is 4.79 Å². The Bertz CT molecular complexity index is 786. The van der Waals surface area contributed by atoms with Crippen LogP contribution in [0, 0.1) is 5.92 Å². The first-order valence-corrected chi connectivity index (χ1v) is 6.36. The maximum Gasteiger partial charge on any atom is 0.280 e. The standard InChI is InChI=1S/C13H15N5O/c1-9(2)4-7-17-8-5-10-12(13(17)19)16-15-11-3-6-14-18(10)11/h3,5-6,8-9H,4,7H2,1-2H3. The number of hydrogen-bond donors (Lipinski definition) is 0. The zero-order valence-electron chi connectivity index (χ0n) is 10.9. The van der Waals surface area contributed by atoms with Crippen LogP contribution in [0.2, 0.25) is 0 Å². The van der Waals surface area contributed by atoms with Crippen molar-refractivity contribution < 1.29 is 0 Å². The van der Waals surface area contributed by atoms with E-state index in [2.05, 4.69) is 29.1 Å². The topological polar surface area (TPSA) is 65.1 Å². The van der Waals surface area contributed by atoms with E-state index < -0.39 is 0 Å². The Labute approximate surface area is 109 Å². The SMILES string of the molecule is CC(C)CCn1ccc2c(nnc3ccnn32)c1=O. The van der Waals surface area contributed by atoms with E-state index in [0.29, 0.717) is 29.1 Å². The van der Waals surface area contributed by atoms with Crippen LogP contribution in [-0.2, 0) is 6.54 Å². The van der Waals surface area contributed by atoms with E-state index in [4.69, 9.17) is 0 Å². The summed E-state index contributed by atoms with van der Waals surface area (Å²) < 4.78 is 3.32.